The van der Waals surface area contributed by atoms with Gasteiger partial charge in [-0.05, 0) is 12.8 Å². The Bertz CT molecular complexity index is 677. The van der Waals surface area contributed by atoms with Crippen molar-refractivity contribution < 1.29 is 13.2 Å². The fourth-order valence-electron chi connectivity index (χ4n) is 2.69. The maximum absolute atomic E-state index is 12.7. The summed E-state index contributed by atoms with van der Waals surface area (Å²) in [4.78, 5) is 9.40. The lowest BCUT2D eigenvalue weighted by Gasteiger charge is -2.32. The van der Waals surface area contributed by atoms with E-state index in [1.165, 1.54) is 0 Å². The van der Waals surface area contributed by atoms with Gasteiger partial charge in [-0.25, -0.2) is 9.97 Å². The van der Waals surface area contributed by atoms with Gasteiger partial charge >= 0.3 is 6.18 Å². The van der Waals surface area contributed by atoms with Crippen molar-refractivity contribution in [1.82, 2.24) is 29.6 Å². The molecule has 2 aromatic rings. The standard InChI is InChI=1S/C14H18F3N7/c1-23-9-20-22-13(23)7-24-4-2-10(3-5-24)21-12-6-11(14(15,16)17)18-8-19-12/h6,8-10H,2-5,7H2,1H3,(H,18,19,21). The summed E-state index contributed by atoms with van der Waals surface area (Å²) in [6.45, 7) is 2.39. The predicted octanol–water partition coefficient (Wildman–Crippen LogP) is 1.70. The van der Waals surface area contributed by atoms with E-state index in [0.29, 0.717) is 0 Å². The van der Waals surface area contributed by atoms with Gasteiger partial charge in [0.25, 0.3) is 0 Å². The number of likely N-dealkylation sites (tertiary alicyclic amines) is 1. The van der Waals surface area contributed by atoms with Crippen LogP contribution in [0.4, 0.5) is 19.0 Å². The van der Waals surface area contributed by atoms with Crippen molar-refractivity contribution >= 4 is 5.82 Å². The quantitative estimate of drug-likeness (QED) is 0.913. The maximum Gasteiger partial charge on any atom is 0.433 e. The van der Waals surface area contributed by atoms with Crippen molar-refractivity contribution in [3.05, 3.63) is 30.2 Å². The third-order valence-corrected chi connectivity index (χ3v) is 4.07. The molecule has 0 saturated carbocycles. The first-order valence-electron chi connectivity index (χ1n) is 7.63. The summed E-state index contributed by atoms with van der Waals surface area (Å²) in [7, 11) is 1.90. The van der Waals surface area contributed by atoms with Gasteiger partial charge in [-0.2, -0.15) is 13.2 Å². The smallest absolute Gasteiger partial charge is 0.367 e. The normalized spacial score (nSPS) is 17.2. The highest BCUT2D eigenvalue weighted by atomic mass is 19.4. The Morgan fingerprint density at radius 3 is 2.62 bits per heavy atom. The molecule has 10 heteroatoms. The van der Waals surface area contributed by atoms with Crippen LogP contribution >= 0.6 is 0 Å². The molecule has 130 valence electrons. The van der Waals surface area contributed by atoms with Crippen LogP contribution in [-0.2, 0) is 19.8 Å². The first kappa shape index (κ1) is 16.6. The van der Waals surface area contributed by atoms with Gasteiger partial charge in [0.2, 0.25) is 0 Å². The molecular weight excluding hydrogens is 323 g/mol. The summed E-state index contributed by atoms with van der Waals surface area (Å²) in [5.74, 6) is 1.11. The number of rotatable bonds is 4. The highest BCUT2D eigenvalue weighted by Gasteiger charge is 2.33. The van der Waals surface area contributed by atoms with E-state index in [0.717, 1.165) is 50.7 Å². The van der Waals surface area contributed by atoms with Crippen molar-refractivity contribution in [3.8, 4) is 0 Å². The minimum absolute atomic E-state index is 0.0942. The summed E-state index contributed by atoms with van der Waals surface area (Å²) in [5.41, 5.74) is -0.931. The topological polar surface area (TPSA) is 71.8 Å². The Labute approximate surface area is 136 Å². The molecule has 0 atom stereocenters. The summed E-state index contributed by atoms with van der Waals surface area (Å²) < 4.78 is 39.9. The van der Waals surface area contributed by atoms with E-state index < -0.39 is 11.9 Å². The number of aryl methyl sites for hydroxylation is 1. The van der Waals surface area contributed by atoms with Gasteiger partial charge < -0.3 is 9.88 Å². The van der Waals surface area contributed by atoms with Gasteiger partial charge in [-0.15, -0.1) is 10.2 Å². The van der Waals surface area contributed by atoms with Crippen LogP contribution in [0.25, 0.3) is 0 Å². The molecule has 1 aliphatic heterocycles. The first-order chi connectivity index (χ1) is 11.4. The zero-order valence-electron chi connectivity index (χ0n) is 13.2. The molecule has 0 radical (unpaired) electrons. The van der Waals surface area contributed by atoms with E-state index in [-0.39, 0.29) is 11.9 Å². The van der Waals surface area contributed by atoms with Gasteiger partial charge in [0.15, 0.2) is 0 Å². The van der Waals surface area contributed by atoms with Crippen LogP contribution in [0.1, 0.15) is 24.4 Å². The predicted molar refractivity (Wildman–Crippen MR) is 80.0 cm³/mol. The Morgan fingerprint density at radius 2 is 2.00 bits per heavy atom. The van der Waals surface area contributed by atoms with Gasteiger partial charge in [0.05, 0.1) is 6.54 Å². The fourth-order valence-corrected chi connectivity index (χ4v) is 2.69. The molecule has 0 aromatic carbocycles. The molecule has 1 aliphatic rings. The van der Waals surface area contributed by atoms with Gasteiger partial charge in [0.1, 0.15) is 30.0 Å². The highest BCUT2D eigenvalue weighted by molar-refractivity contribution is 5.36. The number of halogens is 3. The van der Waals surface area contributed by atoms with E-state index in [2.05, 4.69) is 30.4 Å². The van der Waals surface area contributed by atoms with E-state index in [1.807, 2.05) is 11.6 Å². The van der Waals surface area contributed by atoms with Crippen LogP contribution in [0.5, 0.6) is 0 Å². The van der Waals surface area contributed by atoms with Crippen molar-refractivity contribution in [2.24, 2.45) is 7.05 Å². The summed E-state index contributed by atoms with van der Waals surface area (Å²) in [6.07, 6.45) is -0.212. The Balaban J connectivity index is 1.53. The lowest BCUT2D eigenvalue weighted by molar-refractivity contribution is -0.141. The first-order valence-corrected chi connectivity index (χ1v) is 7.63. The molecule has 0 aliphatic carbocycles. The summed E-state index contributed by atoms with van der Waals surface area (Å²) in [6, 6.07) is 1.04. The van der Waals surface area contributed by atoms with E-state index in [4.69, 9.17) is 0 Å². The minimum Gasteiger partial charge on any atom is -0.367 e. The van der Waals surface area contributed by atoms with Crippen molar-refractivity contribution in [3.63, 3.8) is 0 Å². The zero-order chi connectivity index (χ0) is 17.2. The van der Waals surface area contributed by atoms with Crippen molar-refractivity contribution in [1.29, 1.82) is 0 Å². The lowest BCUT2D eigenvalue weighted by Crippen LogP contribution is -2.39. The molecule has 0 spiro atoms. The largest absolute Gasteiger partial charge is 0.433 e. The third kappa shape index (κ3) is 3.99. The molecule has 3 heterocycles. The molecule has 0 unspecified atom stereocenters. The van der Waals surface area contributed by atoms with Crippen LogP contribution in [0.3, 0.4) is 0 Å². The highest BCUT2D eigenvalue weighted by Crippen LogP contribution is 2.28. The van der Waals surface area contributed by atoms with E-state index in [9.17, 15) is 13.2 Å². The molecule has 2 aromatic heterocycles. The Kier molecular flexibility index (Phi) is 4.65. The number of piperidine rings is 1. The Hall–Kier alpha value is -2.23. The fraction of sp³-hybridized carbons (Fsp3) is 0.571. The molecule has 3 rings (SSSR count). The van der Waals surface area contributed by atoms with Gasteiger partial charge in [0, 0.05) is 32.2 Å². The van der Waals surface area contributed by atoms with Crippen LogP contribution in [-0.4, -0.2) is 48.8 Å². The van der Waals surface area contributed by atoms with Crippen LogP contribution in [0.15, 0.2) is 18.7 Å². The summed E-state index contributed by atoms with van der Waals surface area (Å²) in [5, 5.41) is 11.0. The number of hydrogen-bond acceptors (Lipinski definition) is 6. The summed E-state index contributed by atoms with van der Waals surface area (Å²) >= 11 is 0. The molecule has 1 fully saturated rings. The monoisotopic (exact) mass is 341 g/mol. The molecular formula is C14H18F3N7. The number of nitrogens with zero attached hydrogens (tertiary/aromatic N) is 6. The average molecular weight is 341 g/mol. The third-order valence-electron chi connectivity index (χ3n) is 4.07. The molecule has 0 amide bonds. The number of alkyl halides is 3. The SMILES string of the molecule is Cn1cnnc1CN1CCC(Nc2cc(C(F)(F)F)ncn2)CC1. The molecule has 0 bridgehead atoms. The second-order valence-electron chi connectivity index (χ2n) is 5.84. The maximum atomic E-state index is 12.7. The average Bonchev–Trinajstić information content (AvgIpc) is 2.94. The number of anilines is 1. The van der Waals surface area contributed by atoms with Gasteiger partial charge in [-0.1, -0.05) is 0 Å². The van der Waals surface area contributed by atoms with E-state index >= 15 is 0 Å². The Morgan fingerprint density at radius 1 is 1.25 bits per heavy atom. The molecule has 1 N–H and O–H groups in total. The number of nitrogens with one attached hydrogen (secondary N) is 1. The second-order valence-corrected chi connectivity index (χ2v) is 5.84. The van der Waals surface area contributed by atoms with Crippen LogP contribution in [0, 0.1) is 0 Å². The number of hydrogen-bond donors (Lipinski definition) is 1. The lowest BCUT2D eigenvalue weighted by atomic mass is 10.1. The molecule has 7 nitrogen and oxygen atoms in total. The van der Waals surface area contributed by atoms with Crippen LogP contribution < -0.4 is 5.32 Å². The minimum atomic E-state index is -4.46. The van der Waals surface area contributed by atoms with Crippen LogP contribution in [0.2, 0.25) is 0 Å². The van der Waals surface area contributed by atoms with Crippen molar-refractivity contribution in [2.75, 3.05) is 18.4 Å². The van der Waals surface area contributed by atoms with Gasteiger partial charge in [-0.3, -0.25) is 4.90 Å². The molecule has 24 heavy (non-hydrogen) atoms. The molecule has 1 saturated heterocycles. The zero-order valence-corrected chi connectivity index (χ0v) is 13.2. The van der Waals surface area contributed by atoms with Crippen molar-refractivity contribution in [2.45, 2.75) is 31.6 Å². The van der Waals surface area contributed by atoms with E-state index in [1.54, 1.807) is 6.33 Å². The second kappa shape index (κ2) is 6.71. The number of aromatic nitrogens is 5.